The van der Waals surface area contributed by atoms with Gasteiger partial charge in [-0.2, -0.15) is 0 Å². The van der Waals surface area contributed by atoms with Crippen molar-refractivity contribution in [2.24, 2.45) is 11.8 Å². The predicted octanol–water partition coefficient (Wildman–Crippen LogP) is 3.76. The molecule has 21 heavy (non-hydrogen) atoms. The third-order valence-electron chi connectivity index (χ3n) is 4.71. The van der Waals surface area contributed by atoms with Crippen LogP contribution in [0.2, 0.25) is 0 Å². The fourth-order valence-electron chi connectivity index (χ4n) is 3.51. The van der Waals surface area contributed by atoms with Gasteiger partial charge in [-0.3, -0.25) is 4.79 Å². The van der Waals surface area contributed by atoms with Gasteiger partial charge in [0.25, 0.3) is 0 Å². The van der Waals surface area contributed by atoms with Gasteiger partial charge in [0, 0.05) is 11.8 Å². The molecule has 0 bridgehead atoms. The van der Waals surface area contributed by atoms with Crippen LogP contribution >= 0.6 is 0 Å². The van der Waals surface area contributed by atoms with Crippen LogP contribution < -0.4 is 9.47 Å². The lowest BCUT2D eigenvalue weighted by molar-refractivity contribution is -0.116. The van der Waals surface area contributed by atoms with Gasteiger partial charge in [-0.05, 0) is 35.6 Å². The van der Waals surface area contributed by atoms with Crippen LogP contribution in [0, 0.1) is 11.8 Å². The van der Waals surface area contributed by atoms with E-state index < -0.39 is 0 Å². The smallest absolute Gasteiger partial charge is 0.161 e. The maximum atomic E-state index is 11.7. The highest BCUT2D eigenvalue weighted by molar-refractivity contribution is 5.91. The second-order valence-electron chi connectivity index (χ2n) is 6.06. The Bertz CT molecular complexity index is 560. The first kappa shape index (κ1) is 15.6. The molecule has 0 fully saturated rings. The van der Waals surface area contributed by atoms with E-state index in [9.17, 15) is 4.79 Å². The monoisotopic (exact) mass is 288 g/mol. The zero-order chi connectivity index (χ0) is 15.6. The highest BCUT2D eigenvalue weighted by atomic mass is 16.5. The number of benzene rings is 1. The number of ether oxygens (including phenoxy) is 2. The third kappa shape index (κ3) is 2.57. The minimum atomic E-state index is -0.145. The number of carbonyl (C=O) groups is 1. The van der Waals surface area contributed by atoms with Crippen molar-refractivity contribution < 1.29 is 14.3 Å². The summed E-state index contributed by atoms with van der Waals surface area (Å²) in [5.41, 5.74) is 1.03. The maximum Gasteiger partial charge on any atom is 0.161 e. The van der Waals surface area contributed by atoms with Crippen molar-refractivity contribution >= 4 is 5.78 Å². The van der Waals surface area contributed by atoms with E-state index in [1.807, 2.05) is 12.1 Å². The number of ketones is 1. The van der Waals surface area contributed by atoms with Gasteiger partial charge in [0.15, 0.2) is 17.3 Å². The van der Waals surface area contributed by atoms with E-state index in [1.165, 1.54) is 5.56 Å². The Morgan fingerprint density at radius 3 is 2.38 bits per heavy atom. The summed E-state index contributed by atoms with van der Waals surface area (Å²) in [6, 6.07) is 6.06. The Hall–Kier alpha value is -1.77. The van der Waals surface area contributed by atoms with E-state index >= 15 is 0 Å². The molecule has 3 heteroatoms. The van der Waals surface area contributed by atoms with Gasteiger partial charge < -0.3 is 9.47 Å². The number of rotatable bonds is 4. The first-order valence-electron chi connectivity index (χ1n) is 7.40. The number of carbonyl (C=O) groups excluding carboxylic acids is 1. The molecular formula is C18H24O3. The molecule has 0 saturated carbocycles. The van der Waals surface area contributed by atoms with Crippen molar-refractivity contribution in [3.8, 4) is 11.5 Å². The van der Waals surface area contributed by atoms with Gasteiger partial charge in [0.05, 0.1) is 14.2 Å². The van der Waals surface area contributed by atoms with Crippen LogP contribution in [0.1, 0.15) is 32.8 Å². The van der Waals surface area contributed by atoms with E-state index in [4.69, 9.17) is 9.47 Å². The molecule has 0 aromatic heterocycles. The molecule has 2 atom stereocenters. The maximum absolute atomic E-state index is 11.7. The molecule has 0 aliphatic heterocycles. The van der Waals surface area contributed by atoms with Crippen molar-refractivity contribution in [2.75, 3.05) is 14.2 Å². The van der Waals surface area contributed by atoms with Gasteiger partial charge in [-0.15, -0.1) is 0 Å². The second-order valence-corrected chi connectivity index (χ2v) is 6.06. The first-order valence-corrected chi connectivity index (χ1v) is 7.40. The average molecular weight is 288 g/mol. The molecule has 0 amide bonds. The Morgan fingerprint density at radius 1 is 1.19 bits per heavy atom. The molecule has 0 N–H and O–H groups in total. The van der Waals surface area contributed by atoms with E-state index in [1.54, 1.807) is 20.3 Å². The Morgan fingerprint density at radius 2 is 1.86 bits per heavy atom. The van der Waals surface area contributed by atoms with E-state index in [-0.39, 0.29) is 17.1 Å². The van der Waals surface area contributed by atoms with Crippen molar-refractivity contribution in [1.82, 2.24) is 0 Å². The molecule has 0 spiro atoms. The fourth-order valence-corrected chi connectivity index (χ4v) is 3.51. The van der Waals surface area contributed by atoms with Crippen LogP contribution in [0.25, 0.3) is 0 Å². The summed E-state index contributed by atoms with van der Waals surface area (Å²) < 4.78 is 10.8. The molecule has 1 aliphatic carbocycles. The summed E-state index contributed by atoms with van der Waals surface area (Å²) in [7, 11) is 3.28. The zero-order valence-electron chi connectivity index (χ0n) is 13.5. The summed E-state index contributed by atoms with van der Waals surface area (Å²) >= 11 is 0. The molecule has 1 aliphatic rings. The van der Waals surface area contributed by atoms with Crippen molar-refractivity contribution in [3.05, 3.63) is 35.9 Å². The highest BCUT2D eigenvalue weighted by Gasteiger charge is 2.41. The summed E-state index contributed by atoms with van der Waals surface area (Å²) in [4.78, 5) is 11.7. The minimum Gasteiger partial charge on any atom is -0.493 e. The minimum absolute atomic E-state index is 0.145. The quantitative estimate of drug-likeness (QED) is 0.846. The van der Waals surface area contributed by atoms with Gasteiger partial charge in [0.1, 0.15) is 0 Å². The number of methoxy groups -OCH3 is 2. The Labute approximate surface area is 127 Å². The summed E-state index contributed by atoms with van der Waals surface area (Å²) in [5, 5.41) is 0. The lowest BCUT2D eigenvalue weighted by atomic mass is 9.60. The molecule has 114 valence electrons. The van der Waals surface area contributed by atoms with E-state index in [0.717, 1.165) is 11.5 Å². The number of allylic oxidation sites excluding steroid dienone is 2. The van der Waals surface area contributed by atoms with Crippen LogP contribution in [0.5, 0.6) is 11.5 Å². The molecule has 0 heterocycles. The van der Waals surface area contributed by atoms with Crippen LogP contribution in [0.15, 0.2) is 30.4 Å². The molecular weight excluding hydrogens is 264 g/mol. The highest BCUT2D eigenvalue weighted by Crippen LogP contribution is 2.46. The summed E-state index contributed by atoms with van der Waals surface area (Å²) in [6.07, 6.45) is 4.40. The molecule has 1 unspecified atom stereocenters. The van der Waals surface area contributed by atoms with Crippen LogP contribution in [0.3, 0.4) is 0 Å². The van der Waals surface area contributed by atoms with Crippen LogP contribution in [-0.2, 0) is 10.2 Å². The topological polar surface area (TPSA) is 35.5 Å². The third-order valence-corrected chi connectivity index (χ3v) is 4.71. The van der Waals surface area contributed by atoms with Gasteiger partial charge in [-0.1, -0.05) is 32.9 Å². The zero-order valence-corrected chi connectivity index (χ0v) is 13.5. The second kappa shape index (κ2) is 5.92. The predicted molar refractivity (Wildman–Crippen MR) is 84.0 cm³/mol. The lowest BCUT2D eigenvalue weighted by Gasteiger charge is -2.43. The van der Waals surface area contributed by atoms with Crippen LogP contribution in [-0.4, -0.2) is 20.0 Å². The Kier molecular flexibility index (Phi) is 4.40. The normalized spacial score (nSPS) is 25.2. The lowest BCUT2D eigenvalue weighted by Crippen LogP contribution is -2.40. The van der Waals surface area contributed by atoms with Gasteiger partial charge >= 0.3 is 0 Å². The standard InChI is InChI=1S/C18H24O3/c1-12(2)18(9-8-15(19)10-13(18)3)14-6-7-16(20-4)17(11-14)21-5/h6-9,11-13H,10H2,1-5H3/t13?,18-/m1/s1. The number of hydrogen-bond acceptors (Lipinski definition) is 3. The fraction of sp³-hybridized carbons (Fsp3) is 0.500. The SMILES string of the molecule is COc1ccc([C@@]2(C(C)C)C=CC(=O)CC2C)cc1OC. The first-order chi connectivity index (χ1) is 9.95. The summed E-state index contributed by atoms with van der Waals surface area (Å²) in [6.45, 7) is 6.55. The van der Waals surface area contributed by atoms with Crippen molar-refractivity contribution in [3.63, 3.8) is 0 Å². The molecule has 3 nitrogen and oxygen atoms in total. The van der Waals surface area contributed by atoms with Gasteiger partial charge in [-0.25, -0.2) is 0 Å². The molecule has 2 rings (SSSR count). The van der Waals surface area contributed by atoms with E-state index in [0.29, 0.717) is 12.3 Å². The average Bonchev–Trinajstić information content (AvgIpc) is 2.46. The number of hydrogen-bond donors (Lipinski definition) is 0. The molecule has 0 radical (unpaired) electrons. The largest absolute Gasteiger partial charge is 0.493 e. The van der Waals surface area contributed by atoms with Gasteiger partial charge in [0.2, 0.25) is 0 Å². The molecule has 1 aromatic rings. The Balaban J connectivity index is 2.59. The van der Waals surface area contributed by atoms with Crippen molar-refractivity contribution in [2.45, 2.75) is 32.6 Å². The van der Waals surface area contributed by atoms with Crippen LogP contribution in [0.4, 0.5) is 0 Å². The summed E-state index contributed by atoms with van der Waals surface area (Å²) in [5.74, 6) is 2.30. The van der Waals surface area contributed by atoms with E-state index in [2.05, 4.69) is 32.9 Å². The molecule has 0 saturated heterocycles. The molecule has 1 aromatic carbocycles. The van der Waals surface area contributed by atoms with Crippen molar-refractivity contribution in [1.29, 1.82) is 0 Å².